The number of amides is 1. The molecule has 1 atom stereocenters. The highest BCUT2D eigenvalue weighted by atomic mass is 16.3. The minimum absolute atomic E-state index is 0.245. The van der Waals surface area contributed by atoms with Gasteiger partial charge < -0.3 is 15.3 Å². The predicted octanol–water partition coefficient (Wildman–Crippen LogP) is 1.14. The second kappa shape index (κ2) is 7.10. The summed E-state index contributed by atoms with van der Waals surface area (Å²) in [5.41, 5.74) is 0. The van der Waals surface area contributed by atoms with Gasteiger partial charge in [-0.3, -0.25) is 4.79 Å². The summed E-state index contributed by atoms with van der Waals surface area (Å²) in [4.78, 5) is 14.0. The predicted molar refractivity (Wildman–Crippen MR) is 71.3 cm³/mol. The van der Waals surface area contributed by atoms with E-state index < -0.39 is 0 Å². The van der Waals surface area contributed by atoms with E-state index in [1.165, 1.54) is 12.8 Å². The van der Waals surface area contributed by atoms with Gasteiger partial charge in [0.05, 0.1) is 6.10 Å². The number of hydrogen-bond donors (Lipinski definition) is 2. The topological polar surface area (TPSA) is 52.6 Å². The van der Waals surface area contributed by atoms with Crippen LogP contribution in [0.3, 0.4) is 0 Å². The number of carbonyl (C=O) groups is 1. The number of aliphatic hydroxyl groups is 1. The SMILES string of the molecule is O=C(CCC1CCNCC1)N1CCCCC(O)C1. The minimum atomic E-state index is -0.310. The van der Waals surface area contributed by atoms with Crippen LogP contribution >= 0.6 is 0 Å². The number of hydrogen-bond acceptors (Lipinski definition) is 3. The summed E-state index contributed by atoms with van der Waals surface area (Å²) in [6, 6.07) is 0. The lowest BCUT2D eigenvalue weighted by Crippen LogP contribution is -2.36. The van der Waals surface area contributed by atoms with Crippen LogP contribution in [-0.4, -0.2) is 48.2 Å². The molecule has 2 saturated heterocycles. The maximum Gasteiger partial charge on any atom is 0.222 e. The van der Waals surface area contributed by atoms with Crippen LogP contribution in [0.5, 0.6) is 0 Å². The lowest BCUT2D eigenvalue weighted by molar-refractivity contribution is -0.132. The highest BCUT2D eigenvalue weighted by molar-refractivity contribution is 5.76. The van der Waals surface area contributed by atoms with E-state index in [1.54, 1.807) is 0 Å². The Bertz CT molecular complexity index is 265. The summed E-state index contributed by atoms with van der Waals surface area (Å²) >= 11 is 0. The molecule has 1 unspecified atom stereocenters. The first-order valence-electron chi connectivity index (χ1n) is 7.42. The number of aliphatic hydroxyl groups excluding tert-OH is 1. The van der Waals surface area contributed by atoms with Gasteiger partial charge in [-0.25, -0.2) is 0 Å². The van der Waals surface area contributed by atoms with Gasteiger partial charge in [0.15, 0.2) is 0 Å². The van der Waals surface area contributed by atoms with Crippen LogP contribution in [0.2, 0.25) is 0 Å². The monoisotopic (exact) mass is 254 g/mol. The summed E-state index contributed by atoms with van der Waals surface area (Å²) in [5.74, 6) is 0.960. The first-order valence-corrected chi connectivity index (χ1v) is 7.42. The maximum absolute atomic E-state index is 12.1. The Morgan fingerprint density at radius 3 is 2.78 bits per heavy atom. The van der Waals surface area contributed by atoms with Crippen LogP contribution in [-0.2, 0) is 4.79 Å². The third-order valence-corrected chi connectivity index (χ3v) is 4.22. The van der Waals surface area contributed by atoms with E-state index in [0.717, 1.165) is 45.3 Å². The summed E-state index contributed by atoms with van der Waals surface area (Å²) < 4.78 is 0. The first kappa shape index (κ1) is 13.8. The van der Waals surface area contributed by atoms with Crippen molar-refractivity contribution >= 4 is 5.91 Å². The van der Waals surface area contributed by atoms with Crippen molar-refractivity contribution in [2.75, 3.05) is 26.2 Å². The molecule has 0 aliphatic carbocycles. The molecule has 4 heteroatoms. The normalized spacial score (nSPS) is 26.9. The Hall–Kier alpha value is -0.610. The van der Waals surface area contributed by atoms with Gasteiger partial charge in [0, 0.05) is 19.5 Å². The molecule has 4 nitrogen and oxygen atoms in total. The van der Waals surface area contributed by atoms with Crippen molar-refractivity contribution in [3.63, 3.8) is 0 Å². The van der Waals surface area contributed by atoms with Gasteiger partial charge >= 0.3 is 0 Å². The van der Waals surface area contributed by atoms with E-state index in [0.29, 0.717) is 18.9 Å². The molecule has 104 valence electrons. The van der Waals surface area contributed by atoms with Gasteiger partial charge in [0.25, 0.3) is 0 Å². The second-order valence-electron chi connectivity index (χ2n) is 5.72. The van der Waals surface area contributed by atoms with Gasteiger partial charge in [0.1, 0.15) is 0 Å². The maximum atomic E-state index is 12.1. The zero-order valence-electron chi connectivity index (χ0n) is 11.2. The summed E-state index contributed by atoms with van der Waals surface area (Å²) in [7, 11) is 0. The Morgan fingerprint density at radius 1 is 1.22 bits per heavy atom. The van der Waals surface area contributed by atoms with Crippen LogP contribution in [0.25, 0.3) is 0 Å². The lowest BCUT2D eigenvalue weighted by atomic mass is 9.93. The van der Waals surface area contributed by atoms with Crippen molar-refractivity contribution in [3.05, 3.63) is 0 Å². The van der Waals surface area contributed by atoms with Crippen LogP contribution in [0.1, 0.15) is 44.9 Å². The van der Waals surface area contributed by atoms with Gasteiger partial charge in [0.2, 0.25) is 5.91 Å². The van der Waals surface area contributed by atoms with Crippen LogP contribution in [0.15, 0.2) is 0 Å². The van der Waals surface area contributed by atoms with Gasteiger partial charge in [-0.2, -0.15) is 0 Å². The molecule has 18 heavy (non-hydrogen) atoms. The molecule has 0 aromatic carbocycles. The van der Waals surface area contributed by atoms with Gasteiger partial charge in [-0.15, -0.1) is 0 Å². The van der Waals surface area contributed by atoms with Crippen LogP contribution in [0, 0.1) is 5.92 Å². The van der Waals surface area contributed by atoms with Gasteiger partial charge in [-0.1, -0.05) is 0 Å². The summed E-state index contributed by atoms with van der Waals surface area (Å²) in [5, 5.41) is 13.1. The molecule has 0 saturated carbocycles. The van der Waals surface area contributed by atoms with E-state index in [-0.39, 0.29) is 12.0 Å². The number of nitrogens with zero attached hydrogens (tertiary/aromatic N) is 1. The molecule has 2 N–H and O–H groups in total. The minimum Gasteiger partial charge on any atom is -0.391 e. The van der Waals surface area contributed by atoms with Crippen molar-refractivity contribution in [2.45, 2.75) is 51.0 Å². The molecular formula is C14H26N2O2. The Labute approximate surface area is 110 Å². The Balaban J connectivity index is 1.72. The highest BCUT2D eigenvalue weighted by Crippen LogP contribution is 2.19. The quantitative estimate of drug-likeness (QED) is 0.794. The van der Waals surface area contributed by atoms with E-state index in [9.17, 15) is 9.90 Å². The van der Waals surface area contributed by atoms with Crippen molar-refractivity contribution < 1.29 is 9.90 Å². The lowest BCUT2D eigenvalue weighted by Gasteiger charge is -2.25. The zero-order chi connectivity index (χ0) is 12.8. The molecule has 0 radical (unpaired) electrons. The van der Waals surface area contributed by atoms with Crippen molar-refractivity contribution in [1.29, 1.82) is 0 Å². The summed E-state index contributed by atoms with van der Waals surface area (Å²) in [6.45, 7) is 3.58. The van der Waals surface area contributed by atoms with Crippen molar-refractivity contribution in [2.24, 2.45) is 5.92 Å². The third kappa shape index (κ3) is 4.25. The number of likely N-dealkylation sites (tertiary alicyclic amines) is 1. The molecule has 2 aliphatic rings. The third-order valence-electron chi connectivity index (χ3n) is 4.22. The Morgan fingerprint density at radius 2 is 2.00 bits per heavy atom. The molecule has 0 aromatic heterocycles. The number of carbonyl (C=O) groups excluding carboxylic acids is 1. The molecular weight excluding hydrogens is 228 g/mol. The number of nitrogens with one attached hydrogen (secondary N) is 1. The van der Waals surface area contributed by atoms with Crippen LogP contribution < -0.4 is 5.32 Å². The van der Waals surface area contributed by atoms with Gasteiger partial charge in [-0.05, 0) is 57.5 Å². The smallest absolute Gasteiger partial charge is 0.222 e. The van der Waals surface area contributed by atoms with E-state index in [2.05, 4.69) is 5.32 Å². The Kier molecular flexibility index (Phi) is 5.45. The first-order chi connectivity index (χ1) is 8.75. The average Bonchev–Trinajstić information content (AvgIpc) is 2.62. The molecule has 1 amide bonds. The molecule has 2 fully saturated rings. The number of piperidine rings is 1. The summed E-state index contributed by atoms with van der Waals surface area (Å²) in [6.07, 6.45) is 6.71. The molecule has 0 aromatic rings. The molecule has 2 aliphatic heterocycles. The van der Waals surface area contributed by atoms with Crippen LogP contribution in [0.4, 0.5) is 0 Å². The largest absolute Gasteiger partial charge is 0.391 e. The fourth-order valence-corrected chi connectivity index (χ4v) is 3.00. The molecule has 0 spiro atoms. The highest BCUT2D eigenvalue weighted by Gasteiger charge is 2.21. The van der Waals surface area contributed by atoms with Crippen molar-refractivity contribution in [1.82, 2.24) is 10.2 Å². The van der Waals surface area contributed by atoms with Crippen molar-refractivity contribution in [3.8, 4) is 0 Å². The molecule has 2 heterocycles. The zero-order valence-corrected chi connectivity index (χ0v) is 11.2. The second-order valence-corrected chi connectivity index (χ2v) is 5.72. The average molecular weight is 254 g/mol. The standard InChI is InChI=1S/C14H26N2O2/c17-13-3-1-2-10-16(11-13)14(18)5-4-12-6-8-15-9-7-12/h12-13,15,17H,1-11H2. The fourth-order valence-electron chi connectivity index (χ4n) is 3.00. The molecule has 2 rings (SSSR count). The van der Waals surface area contributed by atoms with E-state index in [4.69, 9.17) is 0 Å². The fraction of sp³-hybridized carbons (Fsp3) is 0.929. The van der Waals surface area contributed by atoms with E-state index in [1.807, 2.05) is 4.90 Å². The van der Waals surface area contributed by atoms with E-state index >= 15 is 0 Å². The number of β-amino-alcohol motifs (C(OH)–C–C–N with tert-alkyl or cyclic N) is 1. The molecule has 0 bridgehead atoms. The number of rotatable bonds is 3.